The number of hydrogen-bond donors (Lipinski definition) is 2. The molecule has 8 heteroatoms. The van der Waals surface area contributed by atoms with Gasteiger partial charge in [0.25, 0.3) is 0 Å². The van der Waals surface area contributed by atoms with Gasteiger partial charge in [0.15, 0.2) is 5.75 Å². The molecule has 2 N–H and O–H groups in total. The molecule has 0 bridgehead atoms. The van der Waals surface area contributed by atoms with Crippen molar-refractivity contribution in [3.05, 3.63) is 92.3 Å². The summed E-state index contributed by atoms with van der Waals surface area (Å²) in [6, 6.07) is 15.4. The van der Waals surface area contributed by atoms with Crippen LogP contribution in [0.2, 0.25) is 10.0 Å². The van der Waals surface area contributed by atoms with Gasteiger partial charge in [0, 0.05) is 16.8 Å². The zero-order valence-corrected chi connectivity index (χ0v) is 16.8. The Morgan fingerprint density at radius 3 is 2.55 bits per heavy atom. The minimum atomic E-state index is -0.400. The van der Waals surface area contributed by atoms with E-state index < -0.39 is 6.61 Å². The number of carbonyl (C=O) groups is 1. The van der Waals surface area contributed by atoms with Gasteiger partial charge in [-0.15, -0.1) is 0 Å². The monoisotopic (exact) mass is 432 g/mol. The number of halogens is 2. The standard InChI is InChI=1S/C21H18Cl2N2O4/c22-15-6-7-18(17(23)8-15)24-21(28)11-25-10-20(19(27)9-16(25)12-26)29-13-14-4-2-1-3-5-14/h1-10,26H,11-13H2,(H,24,28). The first-order valence-corrected chi connectivity index (χ1v) is 9.47. The summed E-state index contributed by atoms with van der Waals surface area (Å²) < 4.78 is 7.07. The van der Waals surface area contributed by atoms with E-state index in [1.807, 2.05) is 30.3 Å². The maximum absolute atomic E-state index is 12.4. The van der Waals surface area contributed by atoms with E-state index in [0.717, 1.165) is 5.56 Å². The lowest BCUT2D eigenvalue weighted by Crippen LogP contribution is -2.23. The fraction of sp³-hybridized carbons (Fsp3) is 0.143. The number of amides is 1. The maximum atomic E-state index is 12.4. The van der Waals surface area contributed by atoms with Crippen LogP contribution in [0.15, 0.2) is 65.6 Å². The predicted octanol–water partition coefficient (Wildman–Crippen LogP) is 3.87. The highest BCUT2D eigenvalue weighted by Gasteiger charge is 2.12. The molecular formula is C21H18Cl2N2O4. The lowest BCUT2D eigenvalue weighted by atomic mass is 10.2. The van der Waals surface area contributed by atoms with E-state index in [1.54, 1.807) is 12.1 Å². The molecule has 29 heavy (non-hydrogen) atoms. The smallest absolute Gasteiger partial charge is 0.244 e. The second kappa shape index (κ2) is 9.60. The predicted molar refractivity (Wildman–Crippen MR) is 112 cm³/mol. The number of aliphatic hydroxyl groups is 1. The number of nitrogens with one attached hydrogen (secondary N) is 1. The maximum Gasteiger partial charge on any atom is 0.244 e. The van der Waals surface area contributed by atoms with E-state index in [2.05, 4.69) is 5.32 Å². The zero-order valence-electron chi connectivity index (χ0n) is 15.3. The fourth-order valence-corrected chi connectivity index (χ4v) is 3.11. The first-order chi connectivity index (χ1) is 14.0. The molecule has 0 radical (unpaired) electrons. The molecule has 0 unspecified atom stereocenters. The number of aliphatic hydroxyl groups excluding tert-OH is 1. The molecule has 0 fully saturated rings. The van der Waals surface area contributed by atoms with Crippen LogP contribution in [0.1, 0.15) is 11.3 Å². The van der Waals surface area contributed by atoms with Crippen LogP contribution in [-0.2, 0) is 24.6 Å². The Kier molecular flexibility index (Phi) is 6.93. The molecule has 1 amide bonds. The van der Waals surface area contributed by atoms with Gasteiger partial charge >= 0.3 is 0 Å². The number of pyridine rings is 1. The molecule has 150 valence electrons. The van der Waals surface area contributed by atoms with E-state index in [-0.39, 0.29) is 30.2 Å². The summed E-state index contributed by atoms with van der Waals surface area (Å²) in [7, 11) is 0. The molecule has 0 saturated carbocycles. The number of ether oxygens (including phenoxy) is 1. The Morgan fingerprint density at radius 1 is 1.10 bits per heavy atom. The summed E-state index contributed by atoms with van der Waals surface area (Å²) in [6.45, 7) is -0.332. The van der Waals surface area contributed by atoms with Gasteiger partial charge in [-0.2, -0.15) is 0 Å². The Hall–Kier alpha value is -2.80. The summed E-state index contributed by atoms with van der Waals surface area (Å²) in [4.78, 5) is 24.7. The number of carbonyl (C=O) groups excluding carboxylic acids is 1. The van der Waals surface area contributed by atoms with Gasteiger partial charge in [0.05, 0.1) is 23.5 Å². The summed E-state index contributed by atoms with van der Waals surface area (Å²) in [5.74, 6) is -0.301. The van der Waals surface area contributed by atoms with Gasteiger partial charge in [-0.05, 0) is 23.8 Å². The highest BCUT2D eigenvalue weighted by atomic mass is 35.5. The highest BCUT2D eigenvalue weighted by molar-refractivity contribution is 6.36. The Labute approximate surface area is 177 Å². The third-order valence-electron chi connectivity index (χ3n) is 4.10. The number of hydrogen-bond acceptors (Lipinski definition) is 4. The van der Waals surface area contributed by atoms with E-state index >= 15 is 0 Å². The van der Waals surface area contributed by atoms with E-state index in [4.69, 9.17) is 27.9 Å². The van der Waals surface area contributed by atoms with Crippen LogP contribution in [0.3, 0.4) is 0 Å². The summed E-state index contributed by atoms with van der Waals surface area (Å²) in [6.07, 6.45) is 1.42. The third-order valence-corrected chi connectivity index (χ3v) is 4.65. The number of nitrogens with zero attached hydrogens (tertiary/aromatic N) is 1. The van der Waals surface area contributed by atoms with Crippen molar-refractivity contribution in [3.8, 4) is 5.75 Å². The normalized spacial score (nSPS) is 10.6. The second-order valence-electron chi connectivity index (χ2n) is 6.23. The molecular weight excluding hydrogens is 415 g/mol. The molecule has 0 spiro atoms. The molecule has 6 nitrogen and oxygen atoms in total. The lowest BCUT2D eigenvalue weighted by Gasteiger charge is -2.15. The topological polar surface area (TPSA) is 80.6 Å². The quantitative estimate of drug-likeness (QED) is 0.593. The van der Waals surface area contributed by atoms with Crippen LogP contribution in [0.5, 0.6) is 5.75 Å². The molecule has 0 saturated heterocycles. The average Bonchev–Trinajstić information content (AvgIpc) is 2.71. The molecule has 1 aromatic heterocycles. The highest BCUT2D eigenvalue weighted by Crippen LogP contribution is 2.25. The first-order valence-electron chi connectivity index (χ1n) is 8.72. The summed E-state index contributed by atoms with van der Waals surface area (Å²) >= 11 is 11.9. The van der Waals surface area contributed by atoms with Gasteiger partial charge in [-0.1, -0.05) is 53.5 Å². The van der Waals surface area contributed by atoms with Crippen molar-refractivity contribution < 1.29 is 14.6 Å². The minimum absolute atomic E-state index is 0.0865. The molecule has 3 aromatic rings. The molecule has 2 aromatic carbocycles. The molecule has 1 heterocycles. The Bertz CT molecular complexity index is 1070. The van der Waals surface area contributed by atoms with Crippen molar-refractivity contribution in [1.82, 2.24) is 4.57 Å². The van der Waals surface area contributed by atoms with Crippen LogP contribution in [0, 0.1) is 0 Å². The van der Waals surface area contributed by atoms with Crippen LogP contribution < -0.4 is 15.5 Å². The van der Waals surface area contributed by atoms with Crippen LogP contribution in [0.4, 0.5) is 5.69 Å². The fourth-order valence-electron chi connectivity index (χ4n) is 2.66. The molecule has 0 atom stereocenters. The molecule has 0 aliphatic carbocycles. The second-order valence-corrected chi connectivity index (χ2v) is 7.07. The lowest BCUT2D eigenvalue weighted by molar-refractivity contribution is -0.116. The van der Waals surface area contributed by atoms with Gasteiger partial charge < -0.3 is 19.7 Å². The number of benzene rings is 2. The van der Waals surface area contributed by atoms with Crippen molar-refractivity contribution in [2.24, 2.45) is 0 Å². The molecule has 0 aliphatic rings. The number of rotatable bonds is 7. The summed E-state index contributed by atoms with van der Waals surface area (Å²) in [5.41, 5.74) is 1.23. The van der Waals surface area contributed by atoms with E-state index in [0.29, 0.717) is 21.4 Å². The van der Waals surface area contributed by atoms with Crippen LogP contribution in [-0.4, -0.2) is 15.6 Å². The first kappa shape index (κ1) is 20.9. The Morgan fingerprint density at radius 2 is 1.86 bits per heavy atom. The number of aromatic nitrogens is 1. The van der Waals surface area contributed by atoms with Crippen molar-refractivity contribution in [2.45, 2.75) is 19.8 Å². The van der Waals surface area contributed by atoms with Crippen LogP contribution >= 0.6 is 23.2 Å². The summed E-state index contributed by atoms with van der Waals surface area (Å²) in [5, 5.41) is 13.0. The number of anilines is 1. The van der Waals surface area contributed by atoms with Gasteiger partial charge in [-0.3, -0.25) is 9.59 Å². The van der Waals surface area contributed by atoms with Crippen molar-refractivity contribution >= 4 is 34.8 Å². The van der Waals surface area contributed by atoms with Gasteiger partial charge in [0.1, 0.15) is 13.2 Å². The Balaban J connectivity index is 1.76. The zero-order chi connectivity index (χ0) is 20.8. The van der Waals surface area contributed by atoms with E-state index in [9.17, 15) is 14.7 Å². The van der Waals surface area contributed by atoms with E-state index in [1.165, 1.54) is 22.9 Å². The average molecular weight is 433 g/mol. The van der Waals surface area contributed by atoms with Gasteiger partial charge in [-0.25, -0.2) is 0 Å². The largest absolute Gasteiger partial charge is 0.483 e. The van der Waals surface area contributed by atoms with Gasteiger partial charge in [0.2, 0.25) is 11.3 Å². The molecule has 3 rings (SSSR count). The van der Waals surface area contributed by atoms with Crippen molar-refractivity contribution in [2.75, 3.05) is 5.32 Å². The van der Waals surface area contributed by atoms with Crippen molar-refractivity contribution in [3.63, 3.8) is 0 Å². The molecule has 0 aliphatic heterocycles. The SMILES string of the molecule is O=C(Cn1cc(OCc2ccccc2)c(=O)cc1CO)Nc1ccc(Cl)cc1Cl. The van der Waals surface area contributed by atoms with Crippen molar-refractivity contribution in [1.29, 1.82) is 0 Å². The van der Waals surface area contributed by atoms with Crippen LogP contribution in [0.25, 0.3) is 0 Å². The minimum Gasteiger partial charge on any atom is -0.483 e. The third kappa shape index (κ3) is 5.60.